The van der Waals surface area contributed by atoms with Crippen LogP contribution in [0.25, 0.3) is 0 Å². The van der Waals surface area contributed by atoms with Crippen molar-refractivity contribution in [2.75, 3.05) is 13.7 Å². The van der Waals surface area contributed by atoms with Gasteiger partial charge in [0.15, 0.2) is 17.6 Å². The van der Waals surface area contributed by atoms with E-state index in [1.807, 2.05) is 6.92 Å². The zero-order valence-electron chi connectivity index (χ0n) is 10.6. The summed E-state index contributed by atoms with van der Waals surface area (Å²) in [6.45, 7) is 2.36. The molecular formula is C13H17ClN2O2. The second kappa shape index (κ2) is 7.10. The van der Waals surface area contributed by atoms with E-state index < -0.39 is 6.10 Å². The third kappa shape index (κ3) is 3.52. The van der Waals surface area contributed by atoms with Gasteiger partial charge in [0.05, 0.1) is 7.11 Å². The molecule has 0 aromatic heterocycles. The maximum atomic E-state index is 8.96. The molecule has 0 aliphatic carbocycles. The molecule has 5 heteroatoms. The molecule has 0 aliphatic rings. The minimum Gasteiger partial charge on any atom is -0.493 e. The SMILES string of the molecule is CCC(C#N)Oc1c(CCN)cc(Cl)cc1OC. The van der Waals surface area contributed by atoms with E-state index in [4.69, 9.17) is 32.1 Å². The van der Waals surface area contributed by atoms with Crippen LogP contribution in [0.4, 0.5) is 0 Å². The van der Waals surface area contributed by atoms with Crippen molar-refractivity contribution in [2.24, 2.45) is 5.73 Å². The van der Waals surface area contributed by atoms with E-state index in [2.05, 4.69) is 6.07 Å². The first-order chi connectivity index (χ1) is 8.65. The van der Waals surface area contributed by atoms with Gasteiger partial charge in [-0.3, -0.25) is 0 Å². The summed E-state index contributed by atoms with van der Waals surface area (Å²) < 4.78 is 10.9. The number of nitrogens with two attached hydrogens (primary N) is 1. The fourth-order valence-electron chi connectivity index (χ4n) is 1.59. The van der Waals surface area contributed by atoms with Crippen LogP contribution >= 0.6 is 11.6 Å². The van der Waals surface area contributed by atoms with Gasteiger partial charge in [-0.2, -0.15) is 5.26 Å². The standard InChI is InChI=1S/C13H17ClN2O2/c1-3-11(8-16)18-13-9(4-5-15)6-10(14)7-12(13)17-2/h6-7,11H,3-5,15H2,1-2H3. The van der Waals surface area contributed by atoms with E-state index in [9.17, 15) is 0 Å². The molecule has 0 spiro atoms. The molecule has 2 N–H and O–H groups in total. The van der Waals surface area contributed by atoms with Gasteiger partial charge in [0, 0.05) is 16.7 Å². The third-order valence-electron chi connectivity index (χ3n) is 2.51. The van der Waals surface area contributed by atoms with Gasteiger partial charge >= 0.3 is 0 Å². The number of nitrogens with zero attached hydrogens (tertiary/aromatic N) is 1. The number of benzene rings is 1. The molecule has 0 saturated heterocycles. The summed E-state index contributed by atoms with van der Waals surface area (Å²) >= 11 is 6.00. The van der Waals surface area contributed by atoms with Crippen LogP contribution in [-0.2, 0) is 6.42 Å². The molecule has 0 fully saturated rings. The van der Waals surface area contributed by atoms with Crippen molar-refractivity contribution in [1.82, 2.24) is 0 Å². The molecule has 0 amide bonds. The molecule has 0 aliphatic heterocycles. The summed E-state index contributed by atoms with van der Waals surface area (Å²) in [5, 5.41) is 9.52. The largest absolute Gasteiger partial charge is 0.493 e. The summed E-state index contributed by atoms with van der Waals surface area (Å²) in [6.07, 6.45) is 0.718. The number of nitriles is 1. The fourth-order valence-corrected chi connectivity index (χ4v) is 1.82. The second-order valence-electron chi connectivity index (χ2n) is 3.78. The van der Waals surface area contributed by atoms with Gasteiger partial charge < -0.3 is 15.2 Å². The van der Waals surface area contributed by atoms with Crippen LogP contribution in [-0.4, -0.2) is 19.8 Å². The van der Waals surface area contributed by atoms with E-state index in [1.165, 1.54) is 7.11 Å². The molecule has 1 unspecified atom stereocenters. The van der Waals surface area contributed by atoms with Crippen molar-refractivity contribution < 1.29 is 9.47 Å². The van der Waals surface area contributed by atoms with Gasteiger partial charge in [0.25, 0.3) is 0 Å². The van der Waals surface area contributed by atoms with Crippen LogP contribution < -0.4 is 15.2 Å². The van der Waals surface area contributed by atoms with E-state index >= 15 is 0 Å². The predicted molar refractivity (Wildman–Crippen MR) is 71.1 cm³/mol. The highest BCUT2D eigenvalue weighted by atomic mass is 35.5. The van der Waals surface area contributed by atoms with Gasteiger partial charge in [-0.15, -0.1) is 0 Å². The lowest BCUT2D eigenvalue weighted by Gasteiger charge is -2.17. The molecule has 0 heterocycles. The Bertz CT molecular complexity index is 443. The maximum Gasteiger partial charge on any atom is 0.184 e. The van der Waals surface area contributed by atoms with E-state index in [0.29, 0.717) is 35.9 Å². The highest BCUT2D eigenvalue weighted by Gasteiger charge is 2.16. The lowest BCUT2D eigenvalue weighted by Crippen LogP contribution is -2.15. The van der Waals surface area contributed by atoms with Crippen LogP contribution in [0, 0.1) is 11.3 Å². The van der Waals surface area contributed by atoms with Gasteiger partial charge in [-0.25, -0.2) is 0 Å². The fraction of sp³-hybridized carbons (Fsp3) is 0.462. The third-order valence-corrected chi connectivity index (χ3v) is 2.72. The molecule has 18 heavy (non-hydrogen) atoms. The molecule has 1 atom stereocenters. The van der Waals surface area contributed by atoms with Crippen molar-refractivity contribution in [3.8, 4) is 17.6 Å². The van der Waals surface area contributed by atoms with Crippen molar-refractivity contribution in [3.63, 3.8) is 0 Å². The van der Waals surface area contributed by atoms with Crippen LogP contribution in [0.15, 0.2) is 12.1 Å². The molecule has 0 radical (unpaired) electrons. The average Bonchev–Trinajstić information content (AvgIpc) is 2.37. The first-order valence-corrected chi connectivity index (χ1v) is 6.16. The normalized spacial score (nSPS) is 11.7. The minimum absolute atomic E-state index is 0.475. The summed E-state index contributed by atoms with van der Waals surface area (Å²) in [5.74, 6) is 1.08. The molecule has 1 rings (SSSR count). The van der Waals surface area contributed by atoms with Crippen LogP contribution in [0.1, 0.15) is 18.9 Å². The van der Waals surface area contributed by atoms with Crippen LogP contribution in [0.2, 0.25) is 5.02 Å². The Morgan fingerprint density at radius 2 is 2.22 bits per heavy atom. The number of ether oxygens (including phenoxy) is 2. The Morgan fingerprint density at radius 3 is 2.72 bits per heavy atom. The Labute approximate surface area is 112 Å². The monoisotopic (exact) mass is 268 g/mol. The van der Waals surface area contributed by atoms with Crippen molar-refractivity contribution in [2.45, 2.75) is 25.9 Å². The van der Waals surface area contributed by atoms with Crippen molar-refractivity contribution >= 4 is 11.6 Å². The summed E-state index contributed by atoms with van der Waals surface area (Å²) in [5.41, 5.74) is 6.42. The Kier molecular flexibility index (Phi) is 5.76. The first kappa shape index (κ1) is 14.6. The number of hydrogen-bond acceptors (Lipinski definition) is 4. The van der Waals surface area contributed by atoms with Crippen molar-refractivity contribution in [1.29, 1.82) is 5.26 Å². The molecule has 0 bridgehead atoms. The van der Waals surface area contributed by atoms with Crippen LogP contribution in [0.3, 0.4) is 0 Å². The van der Waals surface area contributed by atoms with Crippen LogP contribution in [0.5, 0.6) is 11.5 Å². The minimum atomic E-state index is -0.503. The summed E-state index contributed by atoms with van der Waals surface area (Å²) in [6, 6.07) is 5.55. The topological polar surface area (TPSA) is 68.3 Å². The van der Waals surface area contributed by atoms with Gasteiger partial charge in [0.2, 0.25) is 0 Å². The number of methoxy groups -OCH3 is 1. The van der Waals surface area contributed by atoms with E-state index in [-0.39, 0.29) is 0 Å². The highest BCUT2D eigenvalue weighted by Crippen LogP contribution is 2.35. The Morgan fingerprint density at radius 1 is 1.50 bits per heavy atom. The lowest BCUT2D eigenvalue weighted by atomic mass is 10.1. The van der Waals surface area contributed by atoms with Crippen molar-refractivity contribution in [3.05, 3.63) is 22.7 Å². The first-order valence-electron chi connectivity index (χ1n) is 5.79. The van der Waals surface area contributed by atoms with Gasteiger partial charge in [0.1, 0.15) is 6.07 Å². The average molecular weight is 269 g/mol. The maximum absolute atomic E-state index is 8.96. The van der Waals surface area contributed by atoms with Gasteiger partial charge in [-0.1, -0.05) is 18.5 Å². The Balaban J connectivity index is 3.16. The zero-order chi connectivity index (χ0) is 13.5. The zero-order valence-corrected chi connectivity index (χ0v) is 11.3. The molecule has 4 nitrogen and oxygen atoms in total. The number of halogens is 1. The molecule has 1 aromatic carbocycles. The summed E-state index contributed by atoms with van der Waals surface area (Å²) in [7, 11) is 1.54. The molecule has 98 valence electrons. The predicted octanol–water partition coefficient (Wildman–Crippen LogP) is 2.53. The molecular weight excluding hydrogens is 252 g/mol. The number of hydrogen-bond donors (Lipinski definition) is 1. The smallest absolute Gasteiger partial charge is 0.184 e. The quantitative estimate of drug-likeness (QED) is 0.861. The van der Waals surface area contributed by atoms with E-state index in [1.54, 1.807) is 12.1 Å². The number of rotatable bonds is 6. The highest BCUT2D eigenvalue weighted by molar-refractivity contribution is 6.30. The Hall–Kier alpha value is -1.44. The summed E-state index contributed by atoms with van der Waals surface area (Å²) in [4.78, 5) is 0. The van der Waals surface area contributed by atoms with E-state index in [0.717, 1.165) is 5.56 Å². The lowest BCUT2D eigenvalue weighted by molar-refractivity contribution is 0.236. The molecule has 1 aromatic rings. The second-order valence-corrected chi connectivity index (χ2v) is 4.22. The molecule has 0 saturated carbocycles. The van der Waals surface area contributed by atoms with Gasteiger partial charge in [-0.05, 0) is 25.5 Å².